The van der Waals surface area contributed by atoms with Gasteiger partial charge in [-0.15, -0.1) is 0 Å². The summed E-state index contributed by atoms with van der Waals surface area (Å²) in [5, 5.41) is 5.32. The Balaban J connectivity index is 2.26. The quantitative estimate of drug-likeness (QED) is 0.749. The predicted molar refractivity (Wildman–Crippen MR) is 84.5 cm³/mol. The number of rotatable bonds is 2. The van der Waals surface area contributed by atoms with Crippen molar-refractivity contribution in [1.29, 1.82) is 0 Å². The molecule has 0 saturated carbocycles. The van der Waals surface area contributed by atoms with Crippen molar-refractivity contribution in [1.82, 2.24) is 9.97 Å². The Bertz CT molecular complexity index is 787. The maximum atomic E-state index is 6.04. The molecule has 0 aliphatic heterocycles. The summed E-state index contributed by atoms with van der Waals surface area (Å²) in [7, 11) is 1.83. The molecule has 3 rings (SSSR count). The zero-order valence-corrected chi connectivity index (χ0v) is 12.2. The summed E-state index contributed by atoms with van der Waals surface area (Å²) in [4.78, 5) is 9.10. The first kappa shape index (κ1) is 13.2. The first-order valence-electron chi connectivity index (χ1n) is 6.08. The molecule has 1 N–H and O–H groups in total. The Morgan fingerprint density at radius 3 is 2.50 bits per heavy atom. The molecule has 1 heterocycles. The number of fused-ring (bicyclic) bond motifs is 1. The predicted octanol–water partition coefficient (Wildman–Crippen LogP) is 4.65. The highest BCUT2D eigenvalue weighted by Crippen LogP contribution is 2.27. The first-order valence-corrected chi connectivity index (χ1v) is 6.84. The van der Waals surface area contributed by atoms with E-state index in [0.717, 1.165) is 22.3 Å². The van der Waals surface area contributed by atoms with Crippen molar-refractivity contribution in [3.63, 3.8) is 0 Å². The van der Waals surface area contributed by atoms with E-state index in [2.05, 4.69) is 15.3 Å². The lowest BCUT2D eigenvalue weighted by Gasteiger charge is -2.08. The summed E-state index contributed by atoms with van der Waals surface area (Å²) < 4.78 is 0. The van der Waals surface area contributed by atoms with Gasteiger partial charge in [0.05, 0.1) is 5.52 Å². The average Bonchev–Trinajstić information content (AvgIpc) is 2.45. The lowest BCUT2D eigenvalue weighted by Crippen LogP contribution is -1.98. The molecule has 100 valence electrons. The number of benzene rings is 2. The number of aromatic nitrogens is 2. The zero-order valence-electron chi connectivity index (χ0n) is 10.7. The van der Waals surface area contributed by atoms with E-state index in [1.54, 1.807) is 0 Å². The second kappa shape index (κ2) is 5.27. The second-order valence-electron chi connectivity index (χ2n) is 4.32. The number of nitrogens with zero attached hydrogens (tertiary/aromatic N) is 2. The SMILES string of the molecule is CNc1nc(-c2cccc(Cl)c2)nc2cc(Cl)ccc12. The second-order valence-corrected chi connectivity index (χ2v) is 5.19. The number of hydrogen-bond acceptors (Lipinski definition) is 3. The van der Waals surface area contributed by atoms with E-state index in [1.807, 2.05) is 49.5 Å². The topological polar surface area (TPSA) is 37.8 Å². The molecule has 0 fully saturated rings. The summed E-state index contributed by atoms with van der Waals surface area (Å²) in [6.07, 6.45) is 0. The molecule has 0 bridgehead atoms. The molecule has 5 heteroatoms. The van der Waals surface area contributed by atoms with E-state index < -0.39 is 0 Å². The van der Waals surface area contributed by atoms with Gasteiger partial charge in [0.25, 0.3) is 0 Å². The molecule has 0 spiro atoms. The fourth-order valence-electron chi connectivity index (χ4n) is 2.05. The highest BCUT2D eigenvalue weighted by atomic mass is 35.5. The van der Waals surface area contributed by atoms with Crippen LogP contribution < -0.4 is 5.32 Å². The summed E-state index contributed by atoms with van der Waals surface area (Å²) in [6, 6.07) is 13.0. The highest BCUT2D eigenvalue weighted by molar-refractivity contribution is 6.31. The van der Waals surface area contributed by atoms with E-state index in [0.29, 0.717) is 15.9 Å². The van der Waals surface area contributed by atoms with Crippen LogP contribution in [0.4, 0.5) is 5.82 Å². The minimum absolute atomic E-state index is 0.617. The van der Waals surface area contributed by atoms with Gasteiger partial charge in [-0.1, -0.05) is 35.3 Å². The van der Waals surface area contributed by atoms with Gasteiger partial charge in [-0.3, -0.25) is 0 Å². The van der Waals surface area contributed by atoms with Crippen molar-refractivity contribution in [2.75, 3.05) is 12.4 Å². The van der Waals surface area contributed by atoms with Crippen molar-refractivity contribution in [3.05, 3.63) is 52.5 Å². The van der Waals surface area contributed by atoms with Gasteiger partial charge >= 0.3 is 0 Å². The molecule has 0 amide bonds. The zero-order chi connectivity index (χ0) is 14.1. The van der Waals surface area contributed by atoms with Gasteiger partial charge < -0.3 is 5.32 Å². The summed E-state index contributed by atoms with van der Waals surface area (Å²) in [5.74, 6) is 1.38. The smallest absolute Gasteiger partial charge is 0.162 e. The van der Waals surface area contributed by atoms with Gasteiger partial charge in [0, 0.05) is 28.0 Å². The largest absolute Gasteiger partial charge is 0.373 e. The standard InChI is InChI=1S/C15H11Cl2N3/c1-18-15-12-6-5-11(17)8-13(12)19-14(20-15)9-3-2-4-10(16)7-9/h2-8H,1H3,(H,18,19,20). The van der Waals surface area contributed by atoms with Gasteiger partial charge in [-0.25, -0.2) is 9.97 Å². The molecule has 0 aliphatic rings. The third-order valence-corrected chi connectivity index (χ3v) is 3.45. The maximum absolute atomic E-state index is 6.04. The lowest BCUT2D eigenvalue weighted by molar-refractivity contribution is 1.21. The van der Waals surface area contributed by atoms with E-state index in [9.17, 15) is 0 Å². The molecule has 1 aromatic heterocycles. The number of anilines is 1. The molecule has 3 nitrogen and oxygen atoms in total. The highest BCUT2D eigenvalue weighted by Gasteiger charge is 2.09. The third kappa shape index (κ3) is 2.42. The van der Waals surface area contributed by atoms with Crippen LogP contribution >= 0.6 is 23.2 Å². The fourth-order valence-corrected chi connectivity index (χ4v) is 2.41. The molecule has 20 heavy (non-hydrogen) atoms. The van der Waals surface area contributed by atoms with Gasteiger partial charge in [0.2, 0.25) is 0 Å². The molecule has 3 aromatic rings. The molecule has 0 atom stereocenters. The van der Waals surface area contributed by atoms with Crippen LogP contribution in [0, 0.1) is 0 Å². The minimum Gasteiger partial charge on any atom is -0.373 e. The number of nitrogens with one attached hydrogen (secondary N) is 1. The van der Waals surface area contributed by atoms with Crippen molar-refractivity contribution in [2.24, 2.45) is 0 Å². The van der Waals surface area contributed by atoms with E-state index in [4.69, 9.17) is 23.2 Å². The molecule has 0 aliphatic carbocycles. The van der Waals surface area contributed by atoms with Crippen LogP contribution in [-0.2, 0) is 0 Å². The molecule has 0 unspecified atom stereocenters. The van der Waals surface area contributed by atoms with Crippen LogP contribution in [0.15, 0.2) is 42.5 Å². The first-order chi connectivity index (χ1) is 9.67. The van der Waals surface area contributed by atoms with Crippen LogP contribution in [0.5, 0.6) is 0 Å². The fraction of sp³-hybridized carbons (Fsp3) is 0.0667. The Morgan fingerprint density at radius 2 is 1.75 bits per heavy atom. The van der Waals surface area contributed by atoms with Crippen LogP contribution in [0.1, 0.15) is 0 Å². The third-order valence-electron chi connectivity index (χ3n) is 2.98. The van der Waals surface area contributed by atoms with Crippen LogP contribution in [0.3, 0.4) is 0 Å². The van der Waals surface area contributed by atoms with Gasteiger partial charge in [0.15, 0.2) is 5.82 Å². The Morgan fingerprint density at radius 1 is 0.950 bits per heavy atom. The van der Waals surface area contributed by atoms with Crippen molar-refractivity contribution in [3.8, 4) is 11.4 Å². The van der Waals surface area contributed by atoms with E-state index in [1.165, 1.54) is 0 Å². The van der Waals surface area contributed by atoms with Crippen molar-refractivity contribution in [2.45, 2.75) is 0 Å². The van der Waals surface area contributed by atoms with Gasteiger partial charge in [-0.2, -0.15) is 0 Å². The normalized spacial score (nSPS) is 10.8. The monoisotopic (exact) mass is 303 g/mol. The Labute approximate surface area is 126 Å². The number of halogens is 2. The van der Waals surface area contributed by atoms with Gasteiger partial charge in [-0.05, 0) is 30.3 Å². The van der Waals surface area contributed by atoms with E-state index in [-0.39, 0.29) is 0 Å². The maximum Gasteiger partial charge on any atom is 0.162 e. The van der Waals surface area contributed by atoms with Crippen molar-refractivity contribution >= 4 is 39.9 Å². The summed E-state index contributed by atoms with van der Waals surface area (Å²) in [6.45, 7) is 0. The Hall–Kier alpha value is -1.84. The number of hydrogen-bond donors (Lipinski definition) is 1. The average molecular weight is 304 g/mol. The molecule has 0 saturated heterocycles. The molecule has 2 aromatic carbocycles. The van der Waals surface area contributed by atoms with E-state index >= 15 is 0 Å². The molecular formula is C15H11Cl2N3. The van der Waals surface area contributed by atoms with Crippen LogP contribution in [-0.4, -0.2) is 17.0 Å². The van der Waals surface area contributed by atoms with Crippen LogP contribution in [0.25, 0.3) is 22.3 Å². The van der Waals surface area contributed by atoms with Crippen LogP contribution in [0.2, 0.25) is 10.0 Å². The molecule has 0 radical (unpaired) electrons. The lowest BCUT2D eigenvalue weighted by atomic mass is 10.2. The minimum atomic E-state index is 0.617. The van der Waals surface area contributed by atoms with Gasteiger partial charge in [0.1, 0.15) is 5.82 Å². The Kier molecular flexibility index (Phi) is 3.47. The van der Waals surface area contributed by atoms with Crippen molar-refractivity contribution < 1.29 is 0 Å². The summed E-state index contributed by atoms with van der Waals surface area (Å²) in [5.41, 5.74) is 1.67. The summed E-state index contributed by atoms with van der Waals surface area (Å²) >= 11 is 12.1. The molecular weight excluding hydrogens is 293 g/mol.